The van der Waals surface area contributed by atoms with E-state index in [1.807, 2.05) is 29.0 Å². The van der Waals surface area contributed by atoms with Crippen molar-refractivity contribution in [3.05, 3.63) is 34.9 Å². The fraction of sp³-hybridized carbons (Fsp3) is 0.632. The largest absolute Gasteiger partial charge is 0.392 e. The van der Waals surface area contributed by atoms with Gasteiger partial charge < -0.3 is 15.5 Å². The highest BCUT2D eigenvalue weighted by Gasteiger charge is 2.19. The minimum Gasteiger partial charge on any atom is -0.392 e. The van der Waals surface area contributed by atoms with Crippen LogP contribution in [-0.2, 0) is 24.4 Å². The van der Waals surface area contributed by atoms with Crippen molar-refractivity contribution < 1.29 is 15.0 Å². The van der Waals surface area contributed by atoms with Gasteiger partial charge in [0, 0.05) is 17.7 Å². The van der Waals surface area contributed by atoms with E-state index in [2.05, 4.69) is 25.4 Å². The molecule has 0 saturated carbocycles. The summed E-state index contributed by atoms with van der Waals surface area (Å²) in [4.78, 5) is 11.9. The predicted octanol–water partition coefficient (Wildman–Crippen LogP) is 3.68. The van der Waals surface area contributed by atoms with Crippen LogP contribution in [0.2, 0.25) is 0 Å². The maximum atomic E-state index is 11.9. The van der Waals surface area contributed by atoms with Gasteiger partial charge in [0.25, 0.3) is 0 Å². The van der Waals surface area contributed by atoms with Crippen LogP contribution in [-0.4, -0.2) is 33.7 Å². The first-order valence-corrected chi connectivity index (χ1v) is 11.3. The number of carbonyl (C=O) groups is 1. The quantitative estimate of drug-likeness (QED) is 0.378. The molecular weight excluding hydrogens is 354 g/mol. The summed E-state index contributed by atoms with van der Waals surface area (Å²) in [7, 11) is 3.55. The molecule has 0 unspecified atom stereocenters. The Kier molecular flexibility index (Phi) is 10.6. The van der Waals surface area contributed by atoms with Gasteiger partial charge in [-0.25, -0.2) is 0 Å². The predicted molar refractivity (Wildman–Crippen MR) is 109 cm³/mol. The van der Waals surface area contributed by atoms with Crippen molar-refractivity contribution in [2.45, 2.75) is 63.9 Å². The number of aliphatic hydroxyl groups is 2. The minimum absolute atomic E-state index is 0.0118. The Morgan fingerprint density at radius 3 is 2.24 bits per heavy atom. The molecule has 0 heterocycles. The van der Waals surface area contributed by atoms with Gasteiger partial charge >= 0.3 is 0 Å². The lowest BCUT2D eigenvalue weighted by Crippen LogP contribution is -2.26. The van der Waals surface area contributed by atoms with E-state index in [0.717, 1.165) is 42.4 Å². The maximum absolute atomic E-state index is 11.9. The molecule has 0 saturated heterocycles. The molecule has 0 aliphatic rings. The van der Waals surface area contributed by atoms with Gasteiger partial charge in [-0.05, 0) is 62.5 Å². The molecule has 4 nitrogen and oxygen atoms in total. The lowest BCUT2D eigenvalue weighted by atomic mass is 10.0. The SMILES string of the molecule is CSSC(C)(C)CCC(=O)NCCCCc1cc(CO)cc(CO)c1. The van der Waals surface area contributed by atoms with Gasteiger partial charge in [-0.1, -0.05) is 39.8 Å². The highest BCUT2D eigenvalue weighted by atomic mass is 33.1. The number of nitrogens with one attached hydrogen (secondary N) is 1. The molecule has 0 fully saturated rings. The standard InChI is InChI=1S/C19H31NO3S2/c1-19(2,25-24-3)8-7-18(23)20-9-5-4-6-15-10-16(13-21)12-17(11-15)14-22/h10-12,21-22H,4-9,13-14H2,1-3H3,(H,20,23). The first kappa shape index (κ1) is 22.4. The Morgan fingerprint density at radius 1 is 1.08 bits per heavy atom. The van der Waals surface area contributed by atoms with Crippen molar-refractivity contribution in [3.63, 3.8) is 0 Å². The summed E-state index contributed by atoms with van der Waals surface area (Å²) in [5, 5.41) is 21.5. The summed E-state index contributed by atoms with van der Waals surface area (Å²) in [6.45, 7) is 5.01. The van der Waals surface area contributed by atoms with Gasteiger partial charge in [-0.2, -0.15) is 0 Å². The van der Waals surface area contributed by atoms with Gasteiger partial charge in [-0.3, -0.25) is 4.79 Å². The molecule has 1 rings (SSSR count). The van der Waals surface area contributed by atoms with Crippen molar-refractivity contribution in [2.24, 2.45) is 0 Å². The van der Waals surface area contributed by atoms with E-state index in [0.29, 0.717) is 13.0 Å². The molecular formula is C19H31NO3S2. The van der Waals surface area contributed by atoms with Crippen LogP contribution in [0.15, 0.2) is 18.2 Å². The summed E-state index contributed by atoms with van der Waals surface area (Å²) in [5.74, 6) is 0.125. The molecule has 1 aromatic carbocycles. The normalized spacial score (nSPS) is 11.6. The fourth-order valence-corrected chi connectivity index (χ4v) is 4.86. The number of unbranched alkanes of at least 4 members (excludes halogenated alkanes) is 1. The van der Waals surface area contributed by atoms with Crippen molar-refractivity contribution in [3.8, 4) is 0 Å². The number of benzene rings is 1. The zero-order valence-corrected chi connectivity index (χ0v) is 17.1. The summed E-state index contributed by atoms with van der Waals surface area (Å²) < 4.78 is 0.124. The van der Waals surface area contributed by atoms with Crippen molar-refractivity contribution >= 4 is 27.5 Å². The molecule has 0 bridgehead atoms. The van der Waals surface area contributed by atoms with E-state index < -0.39 is 0 Å². The molecule has 0 aromatic heterocycles. The third-order valence-electron chi connectivity index (χ3n) is 3.95. The summed E-state index contributed by atoms with van der Waals surface area (Å²) in [6, 6.07) is 5.77. The molecule has 3 N–H and O–H groups in total. The Labute approximate surface area is 159 Å². The molecule has 1 aromatic rings. The number of hydrogen-bond acceptors (Lipinski definition) is 5. The van der Waals surface area contributed by atoms with Crippen LogP contribution in [0, 0.1) is 0 Å². The Bertz CT molecular complexity index is 513. The zero-order chi connectivity index (χ0) is 18.7. The third-order valence-corrected chi connectivity index (χ3v) is 6.63. The highest BCUT2D eigenvalue weighted by molar-refractivity contribution is 8.76. The van der Waals surface area contributed by atoms with Crippen molar-refractivity contribution in [1.29, 1.82) is 0 Å². The Balaban J connectivity index is 2.24. The van der Waals surface area contributed by atoms with E-state index in [1.165, 1.54) is 0 Å². The third kappa shape index (κ3) is 9.54. The first-order valence-electron chi connectivity index (χ1n) is 8.72. The van der Waals surface area contributed by atoms with Crippen LogP contribution < -0.4 is 5.32 Å². The van der Waals surface area contributed by atoms with E-state index >= 15 is 0 Å². The average molecular weight is 386 g/mol. The van der Waals surface area contributed by atoms with Crippen LogP contribution in [0.25, 0.3) is 0 Å². The topological polar surface area (TPSA) is 69.6 Å². The second-order valence-electron chi connectivity index (χ2n) is 6.79. The van der Waals surface area contributed by atoms with Crippen molar-refractivity contribution in [1.82, 2.24) is 5.32 Å². The van der Waals surface area contributed by atoms with E-state index in [4.69, 9.17) is 0 Å². The molecule has 1 amide bonds. The molecule has 6 heteroatoms. The molecule has 0 radical (unpaired) electrons. The van der Waals surface area contributed by atoms with Crippen LogP contribution in [0.5, 0.6) is 0 Å². The van der Waals surface area contributed by atoms with Gasteiger partial charge in [0.1, 0.15) is 0 Å². The van der Waals surface area contributed by atoms with Gasteiger partial charge in [-0.15, -0.1) is 0 Å². The second kappa shape index (κ2) is 11.8. The molecule has 142 valence electrons. The molecule has 0 spiro atoms. The van der Waals surface area contributed by atoms with Crippen LogP contribution in [0.1, 0.15) is 56.2 Å². The first-order chi connectivity index (χ1) is 11.9. The fourth-order valence-electron chi connectivity index (χ4n) is 2.62. The monoisotopic (exact) mass is 385 g/mol. The Morgan fingerprint density at radius 2 is 1.68 bits per heavy atom. The summed E-state index contributed by atoms with van der Waals surface area (Å²) in [6.07, 6.45) is 6.28. The number of hydrogen-bond donors (Lipinski definition) is 3. The van der Waals surface area contributed by atoms with Gasteiger partial charge in [0.2, 0.25) is 5.91 Å². The summed E-state index contributed by atoms with van der Waals surface area (Å²) >= 11 is 0. The van der Waals surface area contributed by atoms with Crippen LogP contribution >= 0.6 is 21.6 Å². The average Bonchev–Trinajstić information content (AvgIpc) is 2.59. The lowest BCUT2D eigenvalue weighted by molar-refractivity contribution is -0.121. The lowest BCUT2D eigenvalue weighted by Gasteiger charge is -2.21. The van der Waals surface area contributed by atoms with Gasteiger partial charge in [0.05, 0.1) is 13.2 Å². The molecule has 0 aliphatic heterocycles. The molecule has 25 heavy (non-hydrogen) atoms. The van der Waals surface area contributed by atoms with E-state index in [9.17, 15) is 15.0 Å². The summed E-state index contributed by atoms with van der Waals surface area (Å²) in [5.41, 5.74) is 2.79. The van der Waals surface area contributed by atoms with Crippen molar-refractivity contribution in [2.75, 3.05) is 12.8 Å². The van der Waals surface area contributed by atoms with E-state index in [1.54, 1.807) is 10.8 Å². The molecule has 0 aliphatic carbocycles. The number of aliphatic hydroxyl groups excluding tert-OH is 2. The number of amides is 1. The number of carbonyl (C=O) groups excluding carboxylic acids is 1. The number of rotatable bonds is 12. The maximum Gasteiger partial charge on any atom is 0.220 e. The minimum atomic E-state index is -0.0118. The second-order valence-corrected chi connectivity index (χ2v) is 9.90. The highest BCUT2D eigenvalue weighted by Crippen LogP contribution is 2.36. The zero-order valence-electron chi connectivity index (χ0n) is 15.5. The number of aryl methyl sites for hydroxylation is 1. The van der Waals surface area contributed by atoms with E-state index in [-0.39, 0.29) is 23.9 Å². The van der Waals surface area contributed by atoms with Crippen LogP contribution in [0.3, 0.4) is 0 Å². The smallest absolute Gasteiger partial charge is 0.220 e. The molecule has 0 atom stereocenters. The van der Waals surface area contributed by atoms with Crippen LogP contribution in [0.4, 0.5) is 0 Å². The Hall–Kier alpha value is -0.690. The van der Waals surface area contributed by atoms with Gasteiger partial charge in [0.15, 0.2) is 0 Å².